The minimum Gasteiger partial charge on any atom is -0.485 e. The molecule has 1 atom stereocenters. The highest BCUT2D eigenvalue weighted by molar-refractivity contribution is 5.97. The van der Waals surface area contributed by atoms with E-state index in [9.17, 15) is 37.1 Å². The van der Waals surface area contributed by atoms with Gasteiger partial charge in [-0.1, -0.05) is 12.1 Å². The van der Waals surface area contributed by atoms with E-state index in [-0.39, 0.29) is 70.2 Å². The van der Waals surface area contributed by atoms with Crippen molar-refractivity contribution in [1.82, 2.24) is 54.2 Å². The number of piperidine rings is 6. The summed E-state index contributed by atoms with van der Waals surface area (Å²) in [6, 6.07) is 28.7. The molecule has 6 fully saturated rings. The van der Waals surface area contributed by atoms with E-state index >= 15 is 0 Å². The molecule has 10 aliphatic heterocycles. The van der Waals surface area contributed by atoms with Crippen molar-refractivity contribution in [2.45, 2.75) is 118 Å². The Kier molecular flexibility index (Phi) is 20.9. The van der Waals surface area contributed by atoms with Gasteiger partial charge in [0.15, 0.2) is 11.5 Å². The van der Waals surface area contributed by atoms with E-state index in [0.717, 1.165) is 182 Å². The molecule has 8 amide bonds. The summed E-state index contributed by atoms with van der Waals surface area (Å²) in [5.41, 5.74) is 5.61. The molecule has 25 heteroatoms. The monoisotopic (exact) mass is 1430 g/mol. The number of hydrogen-bond acceptors (Lipinski definition) is 14. The minimum absolute atomic E-state index is 0.00853. The lowest BCUT2D eigenvalue weighted by Gasteiger charge is -2.45. The zero-order chi connectivity index (χ0) is 72.6. The first-order chi connectivity index (χ1) is 50.2. The van der Waals surface area contributed by atoms with Crippen molar-refractivity contribution in [2.24, 2.45) is 0 Å². The van der Waals surface area contributed by atoms with E-state index in [2.05, 4.69) is 34.6 Å². The number of rotatable bonds is 6. The van der Waals surface area contributed by atoms with Crippen LogP contribution in [0, 0.1) is 17.5 Å². The molecule has 22 nitrogen and oxygen atoms in total. The number of hydrogen-bond donors (Lipinski definition) is 0. The topological polar surface area (TPSA) is 181 Å². The highest BCUT2D eigenvalue weighted by Gasteiger charge is 2.51. The fourth-order valence-corrected chi connectivity index (χ4v) is 18.2. The second kappa shape index (κ2) is 30.2. The van der Waals surface area contributed by atoms with E-state index in [1.54, 1.807) is 130 Å². The lowest BCUT2D eigenvalue weighted by Crippen LogP contribution is -2.54. The van der Waals surface area contributed by atoms with Crippen molar-refractivity contribution in [1.29, 1.82) is 0 Å². The van der Waals surface area contributed by atoms with Crippen molar-refractivity contribution in [3.05, 3.63) is 162 Å². The van der Waals surface area contributed by atoms with Gasteiger partial charge >= 0.3 is 18.1 Å². The smallest absolute Gasteiger partial charge is 0.323 e. The van der Waals surface area contributed by atoms with Gasteiger partial charge in [-0.05, 0) is 218 Å². The maximum Gasteiger partial charge on any atom is 0.323 e. The van der Waals surface area contributed by atoms with Gasteiger partial charge in [-0.15, -0.1) is 0 Å². The first-order valence-corrected chi connectivity index (χ1v) is 37.2. The molecule has 4 aromatic carbocycles. The highest BCUT2D eigenvalue weighted by atomic mass is 19.1. The molecule has 2 aromatic heterocycles. The van der Waals surface area contributed by atoms with Crippen LogP contribution in [-0.2, 0) is 21.0 Å². The SMILES string of the molecule is CN(C)C(=O)N1CC2(CCN(C3CCN(C(=O)C4COc5ccccc5O4)CC3)CC2)c2cc(F)ccc21.CN(C)C(=O)N1CC2(CCN(C3CCN(C(=O)c4ccncc4)CC3)CC2)c2cc(F)ccc21.CN(C)C(=O)N1CC2(CCN(C3CCN(c4ncccn4)CC3)CC2)c2cc(F)ccc21. The summed E-state index contributed by atoms with van der Waals surface area (Å²) >= 11 is 0. The van der Waals surface area contributed by atoms with E-state index in [1.807, 2.05) is 54.8 Å². The summed E-state index contributed by atoms with van der Waals surface area (Å²) in [5, 5.41) is 0. The number of urea groups is 3. The Labute approximate surface area is 608 Å². The third-order valence-electron chi connectivity index (χ3n) is 24.0. The van der Waals surface area contributed by atoms with Crippen LogP contribution in [0.25, 0.3) is 0 Å². The zero-order valence-electron chi connectivity index (χ0n) is 60.9. The standard InChI is InChI=1S/C29H35FN4O4.C26H32FN5O2.C24H31FN6O/c1-31(2)28(36)34-19-29(22-17-20(30)7-8-23(22)34)11-15-32(16-12-29)21-9-13-33(14-10-21)27(35)26-18-37-24-5-3-4-6-25(24)38-26;1-29(2)25(34)32-18-26(22-17-20(27)3-4-23(22)32)9-15-30(16-10-26)21-7-13-31(14-8-21)24(33)19-5-11-28-12-6-19;1-28(2)23(32)31-17-24(20-16-18(25)4-5-21(20)31)8-14-29(15-9-24)19-6-12-30(13-7-19)22-26-10-3-11-27-22/h3-8,17,21,26H,9-16,18-19H2,1-2H3;3-6,11-12,17,21H,7-10,13-16,18H2,1-2H3;3-5,10-11,16,19H,6-9,12-15,17H2,1-2H3. The molecule has 552 valence electrons. The van der Waals surface area contributed by atoms with Gasteiger partial charge in [-0.3, -0.25) is 29.3 Å². The van der Waals surface area contributed by atoms with Crippen molar-refractivity contribution >= 4 is 52.9 Å². The molecule has 10 aliphatic rings. The molecule has 104 heavy (non-hydrogen) atoms. The van der Waals surface area contributed by atoms with E-state index in [1.165, 1.54) is 18.2 Å². The number of anilines is 4. The third-order valence-corrected chi connectivity index (χ3v) is 24.0. The van der Waals surface area contributed by atoms with E-state index < -0.39 is 6.10 Å². The number of pyridine rings is 1. The highest BCUT2D eigenvalue weighted by Crippen LogP contribution is 2.51. The number of nitrogens with zero attached hydrogens (tertiary/aromatic N) is 15. The number of benzene rings is 4. The first-order valence-electron chi connectivity index (χ1n) is 37.2. The molecule has 0 bridgehead atoms. The summed E-state index contributed by atoms with van der Waals surface area (Å²) in [6.07, 6.45) is 17.7. The van der Waals surface area contributed by atoms with Crippen LogP contribution in [0.3, 0.4) is 0 Å². The van der Waals surface area contributed by atoms with Crippen LogP contribution in [0.2, 0.25) is 0 Å². The average Bonchev–Trinajstić information content (AvgIpc) is 1.59. The number of likely N-dealkylation sites (tertiary alicyclic amines) is 5. The van der Waals surface area contributed by atoms with E-state index in [0.29, 0.717) is 67.9 Å². The van der Waals surface area contributed by atoms with Crippen LogP contribution in [0.4, 0.5) is 50.6 Å². The predicted octanol–water partition coefficient (Wildman–Crippen LogP) is 9.97. The Morgan fingerprint density at radius 2 is 0.817 bits per heavy atom. The molecular formula is C79H98F3N15O7. The number of para-hydroxylation sites is 2. The van der Waals surface area contributed by atoms with E-state index in [4.69, 9.17) is 9.47 Å². The number of ether oxygens (including phenoxy) is 2. The molecular weight excluding hydrogens is 1330 g/mol. The predicted molar refractivity (Wildman–Crippen MR) is 392 cm³/mol. The number of fused-ring (bicyclic) bond motifs is 7. The molecule has 1 unspecified atom stereocenters. The molecule has 6 saturated heterocycles. The number of halogens is 3. The van der Waals surface area contributed by atoms with Gasteiger partial charge in [0.1, 0.15) is 24.1 Å². The van der Waals surface area contributed by atoms with Crippen molar-refractivity contribution in [3.8, 4) is 11.5 Å². The molecule has 12 heterocycles. The maximum atomic E-state index is 14.3. The largest absolute Gasteiger partial charge is 0.485 e. The zero-order valence-corrected chi connectivity index (χ0v) is 60.9. The lowest BCUT2D eigenvalue weighted by molar-refractivity contribution is -0.142. The van der Waals surface area contributed by atoms with Crippen LogP contribution in [0.1, 0.15) is 104 Å². The molecule has 0 radical (unpaired) electrons. The minimum atomic E-state index is -0.605. The molecule has 0 saturated carbocycles. The fraction of sp³-hybridized carbons (Fsp3) is 0.519. The summed E-state index contributed by atoms with van der Waals surface area (Å²) < 4.78 is 54.4. The van der Waals surface area contributed by atoms with Gasteiger partial charge in [0.2, 0.25) is 12.1 Å². The normalized spacial score (nSPS) is 21.5. The van der Waals surface area contributed by atoms with Crippen molar-refractivity contribution in [2.75, 3.05) is 167 Å². The second-order valence-electron chi connectivity index (χ2n) is 30.7. The average molecular weight is 1430 g/mol. The number of carbonyl (C=O) groups excluding carboxylic acids is 5. The maximum absolute atomic E-state index is 14.3. The lowest BCUT2D eigenvalue weighted by atomic mass is 9.74. The summed E-state index contributed by atoms with van der Waals surface area (Å²) in [6.45, 7) is 12.5. The summed E-state index contributed by atoms with van der Waals surface area (Å²) in [7, 11) is 10.6. The Morgan fingerprint density at radius 1 is 0.442 bits per heavy atom. The van der Waals surface area contributed by atoms with Gasteiger partial charge in [-0.2, -0.15) is 0 Å². The van der Waals surface area contributed by atoms with Gasteiger partial charge in [0.25, 0.3) is 11.8 Å². The second-order valence-corrected chi connectivity index (χ2v) is 30.7. The Hall–Kier alpha value is -9.07. The van der Waals surface area contributed by atoms with Gasteiger partial charge in [0, 0.05) is 183 Å². The fourth-order valence-electron chi connectivity index (χ4n) is 18.2. The third kappa shape index (κ3) is 14.5. The number of amides is 8. The molecule has 16 rings (SSSR count). The molecule has 0 aliphatic carbocycles. The van der Waals surface area contributed by atoms with Crippen LogP contribution >= 0.6 is 0 Å². The van der Waals surface area contributed by atoms with Crippen LogP contribution in [0.5, 0.6) is 11.5 Å². The Morgan fingerprint density at radius 3 is 1.21 bits per heavy atom. The summed E-state index contributed by atoms with van der Waals surface area (Å²) in [4.78, 5) is 101. The molecule has 3 spiro atoms. The van der Waals surface area contributed by atoms with Crippen LogP contribution in [-0.4, -0.2) is 255 Å². The van der Waals surface area contributed by atoms with Gasteiger partial charge in [0.05, 0.1) is 0 Å². The number of aromatic nitrogens is 3. The molecule has 0 N–H and O–H groups in total. The van der Waals surface area contributed by atoms with Crippen LogP contribution < -0.4 is 29.1 Å². The molecule has 6 aromatic rings. The quantitative estimate of drug-likeness (QED) is 0.154. The Balaban J connectivity index is 0.000000132. The number of carbonyl (C=O) groups is 5. The van der Waals surface area contributed by atoms with Gasteiger partial charge < -0.3 is 53.6 Å². The van der Waals surface area contributed by atoms with Gasteiger partial charge in [-0.25, -0.2) is 37.5 Å². The summed E-state index contributed by atoms with van der Waals surface area (Å²) in [5.74, 6) is 1.47. The van der Waals surface area contributed by atoms with Crippen molar-refractivity contribution in [3.63, 3.8) is 0 Å². The van der Waals surface area contributed by atoms with Crippen LogP contribution in [0.15, 0.2) is 122 Å². The first kappa shape index (κ1) is 71.9. The Bertz CT molecular complexity index is 4070. The van der Waals surface area contributed by atoms with Crippen molar-refractivity contribution < 1.29 is 46.6 Å².